The molecule has 6 rings (SSSR count). The molecule has 0 amide bonds. The van der Waals surface area contributed by atoms with Crippen LogP contribution >= 0.6 is 22.9 Å². The summed E-state index contributed by atoms with van der Waals surface area (Å²) in [6.45, 7) is 2.37. The van der Waals surface area contributed by atoms with Gasteiger partial charge in [0.05, 0.1) is 41.4 Å². The second kappa shape index (κ2) is 11.1. The first-order chi connectivity index (χ1) is 20.3. The quantitative estimate of drug-likeness (QED) is 0.173. The molecular weight excluding hydrogens is 582 g/mol. The number of phenols is 1. The van der Waals surface area contributed by atoms with E-state index in [0.29, 0.717) is 46.5 Å². The number of phenolic OH excluding ortho intramolecular Hbond substituents is 1. The number of benzene rings is 1. The molecule has 0 saturated heterocycles. The summed E-state index contributed by atoms with van der Waals surface area (Å²) < 4.78 is 12.8. The lowest BCUT2D eigenvalue weighted by molar-refractivity contribution is -0.156. The van der Waals surface area contributed by atoms with E-state index in [1.165, 1.54) is 18.4 Å². The molecule has 4 aromatic rings. The summed E-state index contributed by atoms with van der Waals surface area (Å²) in [4.78, 5) is 27.4. The number of methoxy groups -OCH3 is 1. The Morgan fingerprint density at radius 2 is 2.10 bits per heavy atom. The highest BCUT2D eigenvalue weighted by Gasteiger charge is 2.76. The second-order valence-corrected chi connectivity index (χ2v) is 12.0. The average Bonchev–Trinajstić information content (AvgIpc) is 3.22. The Balaban J connectivity index is 1.34. The molecule has 3 heterocycles. The third kappa shape index (κ3) is 4.82. The maximum atomic E-state index is 12.8. The van der Waals surface area contributed by atoms with Gasteiger partial charge in [0.2, 0.25) is 5.82 Å². The van der Waals surface area contributed by atoms with Crippen molar-refractivity contribution in [1.82, 2.24) is 19.5 Å². The molecule has 1 aromatic carbocycles. The second-order valence-electron chi connectivity index (χ2n) is 10.3. The number of aromatic nitrogens is 4. The molecule has 3 aromatic heterocycles. The van der Waals surface area contributed by atoms with Crippen LogP contribution in [0.4, 0.5) is 5.82 Å². The van der Waals surface area contributed by atoms with Gasteiger partial charge in [-0.3, -0.25) is 4.79 Å². The Morgan fingerprint density at radius 1 is 1.26 bits per heavy atom. The van der Waals surface area contributed by atoms with Crippen LogP contribution in [0.3, 0.4) is 0 Å². The molecule has 11 nitrogen and oxygen atoms in total. The number of imidazole rings is 1. The summed E-state index contributed by atoms with van der Waals surface area (Å²) in [6, 6.07) is 8.09. The first kappa shape index (κ1) is 28.2. The SMILES string of the molecule is CCOC(=O)[C@]12C[C@@H]1[C@@H](n1cnc3c(NCCc4ccc(O)c(OC)c4)nc(C#Cc4ccc(Cl)s4)nc31)[C@H](O)[C@@H]2O. The van der Waals surface area contributed by atoms with E-state index in [-0.39, 0.29) is 24.1 Å². The van der Waals surface area contributed by atoms with Crippen molar-refractivity contribution in [3.8, 4) is 23.3 Å². The van der Waals surface area contributed by atoms with Crippen molar-refractivity contribution in [3.05, 3.63) is 57.3 Å². The minimum absolute atomic E-state index is 0.0642. The lowest BCUT2D eigenvalue weighted by Gasteiger charge is -2.23. The number of carbonyl (C=O) groups is 1. The monoisotopic (exact) mass is 609 g/mol. The molecule has 0 unspecified atom stereocenters. The van der Waals surface area contributed by atoms with Crippen molar-refractivity contribution in [2.75, 3.05) is 25.6 Å². The maximum absolute atomic E-state index is 12.8. The predicted molar refractivity (Wildman–Crippen MR) is 156 cm³/mol. The van der Waals surface area contributed by atoms with Crippen molar-refractivity contribution in [1.29, 1.82) is 0 Å². The van der Waals surface area contributed by atoms with E-state index in [9.17, 15) is 20.1 Å². The highest BCUT2D eigenvalue weighted by Crippen LogP contribution is 2.68. The summed E-state index contributed by atoms with van der Waals surface area (Å²) in [7, 11) is 1.50. The Labute approximate surface area is 250 Å². The van der Waals surface area contributed by atoms with Gasteiger partial charge < -0.3 is 34.7 Å². The Hall–Kier alpha value is -3.89. The molecule has 42 heavy (non-hydrogen) atoms. The number of halogens is 1. The van der Waals surface area contributed by atoms with E-state index in [2.05, 4.69) is 32.1 Å². The molecule has 13 heteroatoms. The predicted octanol–water partition coefficient (Wildman–Crippen LogP) is 3.16. The van der Waals surface area contributed by atoms with Crippen molar-refractivity contribution < 1.29 is 29.6 Å². The zero-order valence-electron chi connectivity index (χ0n) is 22.7. The molecule has 0 bridgehead atoms. The van der Waals surface area contributed by atoms with Crippen LogP contribution in [0.1, 0.15) is 35.7 Å². The van der Waals surface area contributed by atoms with Crippen LogP contribution in [0.25, 0.3) is 11.2 Å². The smallest absolute Gasteiger partial charge is 0.315 e. The molecular formula is C29H28ClN5O6S. The lowest BCUT2D eigenvalue weighted by atomic mass is 9.99. The van der Waals surface area contributed by atoms with E-state index in [0.717, 1.165) is 10.4 Å². The first-order valence-corrected chi connectivity index (χ1v) is 14.6. The number of fused-ring (bicyclic) bond motifs is 2. The Morgan fingerprint density at radius 3 is 2.83 bits per heavy atom. The third-order valence-corrected chi connectivity index (χ3v) is 9.04. The molecule has 0 radical (unpaired) electrons. The average molecular weight is 610 g/mol. The number of anilines is 1. The summed E-state index contributed by atoms with van der Waals surface area (Å²) in [5, 5.41) is 35.2. The fraction of sp³-hybridized carbons (Fsp3) is 0.379. The van der Waals surface area contributed by atoms with Gasteiger partial charge >= 0.3 is 5.97 Å². The minimum Gasteiger partial charge on any atom is -0.504 e. The molecule has 5 atom stereocenters. The molecule has 2 aliphatic carbocycles. The molecule has 4 N–H and O–H groups in total. The number of aliphatic hydroxyl groups is 2. The van der Waals surface area contributed by atoms with Gasteiger partial charge in [0.15, 0.2) is 28.5 Å². The van der Waals surface area contributed by atoms with Crippen LogP contribution in [0.2, 0.25) is 4.34 Å². The number of ether oxygens (including phenoxy) is 2. The van der Waals surface area contributed by atoms with Crippen molar-refractivity contribution in [2.45, 2.75) is 38.0 Å². The molecule has 2 aliphatic rings. The van der Waals surface area contributed by atoms with E-state index in [1.54, 1.807) is 36.0 Å². The zero-order valence-corrected chi connectivity index (χ0v) is 24.3. The molecule has 218 valence electrons. The maximum Gasteiger partial charge on any atom is 0.315 e. The molecule has 0 spiro atoms. The number of nitrogens with one attached hydrogen (secondary N) is 1. The van der Waals surface area contributed by atoms with Gasteiger partial charge in [0.1, 0.15) is 11.5 Å². The van der Waals surface area contributed by atoms with Crippen molar-refractivity contribution in [3.63, 3.8) is 0 Å². The number of rotatable bonds is 8. The number of aromatic hydroxyl groups is 1. The first-order valence-electron chi connectivity index (χ1n) is 13.4. The number of hydrogen-bond acceptors (Lipinski definition) is 11. The molecule has 2 saturated carbocycles. The van der Waals surface area contributed by atoms with Gasteiger partial charge in [0.25, 0.3) is 0 Å². The van der Waals surface area contributed by atoms with Gasteiger partial charge in [0, 0.05) is 12.5 Å². The third-order valence-electron chi connectivity index (χ3n) is 7.89. The number of carbonyl (C=O) groups excluding carboxylic acids is 1. The van der Waals surface area contributed by atoms with Gasteiger partial charge in [-0.2, -0.15) is 0 Å². The van der Waals surface area contributed by atoms with E-state index < -0.39 is 29.6 Å². The number of hydrogen-bond donors (Lipinski definition) is 4. The summed E-state index contributed by atoms with van der Waals surface area (Å²) >= 11 is 7.39. The zero-order chi connectivity index (χ0) is 29.6. The van der Waals surface area contributed by atoms with Crippen LogP contribution in [-0.4, -0.2) is 73.3 Å². The van der Waals surface area contributed by atoms with Gasteiger partial charge in [-0.1, -0.05) is 17.7 Å². The van der Waals surface area contributed by atoms with Crippen LogP contribution in [0.5, 0.6) is 11.5 Å². The summed E-state index contributed by atoms with van der Waals surface area (Å²) in [5.74, 6) is 6.31. The number of nitrogens with zero attached hydrogens (tertiary/aromatic N) is 4. The Bertz CT molecular complexity index is 1730. The van der Waals surface area contributed by atoms with Gasteiger partial charge in [-0.25, -0.2) is 15.0 Å². The van der Waals surface area contributed by atoms with Crippen LogP contribution in [0, 0.1) is 23.2 Å². The van der Waals surface area contributed by atoms with E-state index in [1.807, 2.05) is 12.1 Å². The molecule has 2 fully saturated rings. The van der Waals surface area contributed by atoms with Gasteiger partial charge in [-0.05, 0) is 61.4 Å². The lowest BCUT2D eigenvalue weighted by Crippen LogP contribution is -2.38. The van der Waals surface area contributed by atoms with Crippen LogP contribution in [0.15, 0.2) is 36.7 Å². The van der Waals surface area contributed by atoms with Crippen molar-refractivity contribution >= 4 is 45.9 Å². The van der Waals surface area contributed by atoms with E-state index in [4.69, 9.17) is 21.1 Å². The van der Waals surface area contributed by atoms with Crippen LogP contribution < -0.4 is 10.1 Å². The molecule has 0 aliphatic heterocycles. The number of esters is 1. The minimum atomic E-state index is -1.27. The topological polar surface area (TPSA) is 152 Å². The number of aliphatic hydroxyl groups excluding tert-OH is 2. The van der Waals surface area contributed by atoms with E-state index >= 15 is 0 Å². The van der Waals surface area contributed by atoms with Crippen LogP contribution in [-0.2, 0) is 16.0 Å². The number of thiophene rings is 1. The summed E-state index contributed by atoms with van der Waals surface area (Å²) in [5.41, 5.74) is 0.667. The highest BCUT2D eigenvalue weighted by atomic mass is 35.5. The fourth-order valence-electron chi connectivity index (χ4n) is 5.79. The normalized spacial score (nSPS) is 24.1. The Kier molecular flexibility index (Phi) is 7.44. The van der Waals surface area contributed by atoms with Crippen molar-refractivity contribution in [2.24, 2.45) is 11.3 Å². The fourth-order valence-corrected chi connectivity index (χ4v) is 6.69. The van der Waals surface area contributed by atoms with Gasteiger partial charge in [-0.15, -0.1) is 11.3 Å². The summed E-state index contributed by atoms with van der Waals surface area (Å²) in [6.07, 6.45) is 0.0470. The largest absolute Gasteiger partial charge is 0.504 e. The standard InChI is InChI=1S/C29H28ClN5O6S/c1-3-41-28(39)29-13-17(29)23(24(37)25(29)38)35-14-32-22-26(31-11-10-15-4-7-18(36)19(12-15)40-2)33-21(34-27(22)35)9-6-16-5-8-20(30)42-16/h4-5,7-8,12,14,17,23-25,36-38H,3,10-11,13H2,1-2H3,(H,31,33,34)/t17-,23-,24+,25+,29-/m1/s1. The highest BCUT2D eigenvalue weighted by molar-refractivity contribution is 7.16.